The van der Waals surface area contributed by atoms with Crippen LogP contribution in [0, 0.1) is 13.8 Å². The molecular weight excluding hydrogens is 386 g/mol. The monoisotopic (exact) mass is 401 g/mol. The summed E-state index contributed by atoms with van der Waals surface area (Å²) in [6, 6.07) is 4.42. The molecule has 3 rings (SSSR count). The highest BCUT2D eigenvalue weighted by Crippen LogP contribution is 2.29. The molecule has 11 nitrogen and oxygen atoms in total. The minimum Gasteiger partial charge on any atom is -0.506 e. The lowest BCUT2D eigenvalue weighted by Gasteiger charge is -2.09. The Hall–Kier alpha value is -4.15. The van der Waals surface area contributed by atoms with Crippen LogP contribution < -0.4 is 10.9 Å². The molecule has 0 aliphatic heterocycles. The van der Waals surface area contributed by atoms with Crippen molar-refractivity contribution in [2.45, 2.75) is 20.8 Å². The number of anilines is 1. The number of benzene rings is 1. The number of nitrogens with one attached hydrogen (secondary N) is 1. The van der Waals surface area contributed by atoms with Crippen molar-refractivity contribution in [1.29, 1.82) is 0 Å². The van der Waals surface area contributed by atoms with E-state index >= 15 is 0 Å². The van der Waals surface area contributed by atoms with Gasteiger partial charge in [-0.15, -0.1) is 0 Å². The quantitative estimate of drug-likeness (QED) is 0.554. The van der Waals surface area contributed by atoms with Crippen LogP contribution in [0.3, 0.4) is 0 Å². The van der Waals surface area contributed by atoms with E-state index in [9.17, 15) is 24.6 Å². The van der Waals surface area contributed by atoms with Crippen molar-refractivity contribution < 1.29 is 33.2 Å². The minimum absolute atomic E-state index is 0.207. The minimum atomic E-state index is -1.26. The smallest absolute Gasteiger partial charge is 0.353 e. The van der Waals surface area contributed by atoms with E-state index in [0.717, 1.165) is 6.92 Å². The van der Waals surface area contributed by atoms with Crippen molar-refractivity contribution in [3.05, 3.63) is 51.5 Å². The lowest BCUT2D eigenvalue weighted by atomic mass is 10.1. The summed E-state index contributed by atoms with van der Waals surface area (Å²) < 4.78 is 14.9. The van der Waals surface area contributed by atoms with Gasteiger partial charge in [0.15, 0.2) is 22.7 Å². The Morgan fingerprint density at radius 2 is 1.79 bits per heavy atom. The Labute approximate surface area is 161 Å². The van der Waals surface area contributed by atoms with Gasteiger partial charge in [0.05, 0.1) is 0 Å². The highest BCUT2D eigenvalue weighted by Gasteiger charge is 2.27. The topological polar surface area (TPSA) is 169 Å². The largest absolute Gasteiger partial charge is 0.506 e. The molecule has 2 aromatic heterocycles. The van der Waals surface area contributed by atoms with Gasteiger partial charge in [0.25, 0.3) is 5.91 Å². The molecule has 0 unspecified atom stereocenters. The molecule has 29 heavy (non-hydrogen) atoms. The van der Waals surface area contributed by atoms with Crippen LogP contribution in [0.2, 0.25) is 0 Å². The standard InChI is InChI=1S/C18H15N3O8/c1-7(22)13-15(23)14(18(26)28-17(13)25)16(24)20-10-4-5-12-11(6-10)19-8(2)29-21-9(3)27-12/h4-6,23,26H,1-3H3,(H,20,24). The Balaban J connectivity index is 2.06. The van der Waals surface area contributed by atoms with Crippen LogP contribution in [0.4, 0.5) is 5.69 Å². The molecular formula is C18H15N3O8. The molecule has 1 amide bonds. The summed E-state index contributed by atoms with van der Waals surface area (Å²) in [5.41, 5.74) is -1.90. The number of Topliss-reactive ketones (excluding diaryl/α,β-unsaturated/α-hetero) is 1. The van der Waals surface area contributed by atoms with Crippen molar-refractivity contribution in [2.24, 2.45) is 0 Å². The van der Waals surface area contributed by atoms with E-state index < -0.39 is 40.1 Å². The Bertz CT molecular complexity index is 1250. The van der Waals surface area contributed by atoms with Crippen LogP contribution in [-0.2, 0) is 0 Å². The molecule has 0 spiro atoms. The fourth-order valence-corrected chi connectivity index (χ4v) is 2.49. The maximum Gasteiger partial charge on any atom is 0.353 e. The third-order valence-corrected chi connectivity index (χ3v) is 3.72. The van der Waals surface area contributed by atoms with E-state index in [-0.39, 0.29) is 17.5 Å². The number of carbonyl (C=O) groups excluding carboxylic acids is 2. The molecule has 0 aliphatic rings. The zero-order valence-electron chi connectivity index (χ0n) is 15.5. The molecule has 1 aromatic carbocycles. The predicted molar refractivity (Wildman–Crippen MR) is 97.4 cm³/mol. The number of hydrogen-bond donors (Lipinski definition) is 3. The van der Waals surface area contributed by atoms with Crippen molar-refractivity contribution in [3.8, 4) is 11.7 Å². The van der Waals surface area contributed by atoms with E-state index in [4.69, 9.17) is 8.94 Å². The van der Waals surface area contributed by atoms with E-state index in [0.29, 0.717) is 11.1 Å². The molecule has 0 atom stereocenters. The van der Waals surface area contributed by atoms with Gasteiger partial charge in [-0.2, -0.15) is 0 Å². The Kier molecular flexibility index (Phi) is 5.05. The van der Waals surface area contributed by atoms with Gasteiger partial charge < -0.3 is 28.9 Å². The Morgan fingerprint density at radius 1 is 1.07 bits per heavy atom. The molecule has 11 heteroatoms. The summed E-state index contributed by atoms with van der Waals surface area (Å²) in [5, 5.41) is 26.0. The number of carbonyl (C=O) groups is 2. The first-order valence-electron chi connectivity index (χ1n) is 8.17. The van der Waals surface area contributed by atoms with E-state index in [1.165, 1.54) is 18.2 Å². The maximum absolute atomic E-state index is 12.5. The molecule has 0 saturated carbocycles. The highest BCUT2D eigenvalue weighted by atomic mass is 16.5. The number of fused-ring (bicyclic) bond motifs is 1. The summed E-state index contributed by atoms with van der Waals surface area (Å²) in [6.07, 6.45) is 0. The zero-order valence-corrected chi connectivity index (χ0v) is 15.5. The van der Waals surface area contributed by atoms with Gasteiger partial charge in [-0.1, -0.05) is 0 Å². The summed E-state index contributed by atoms with van der Waals surface area (Å²) >= 11 is 0. The van der Waals surface area contributed by atoms with E-state index in [1.807, 2.05) is 0 Å². The second kappa shape index (κ2) is 7.46. The molecule has 0 saturated heterocycles. The van der Waals surface area contributed by atoms with Crippen molar-refractivity contribution in [2.75, 3.05) is 5.32 Å². The van der Waals surface area contributed by atoms with Crippen LogP contribution in [-0.4, -0.2) is 32.0 Å². The SMILES string of the molecule is CC(=O)c1c(O)c(C(=O)Nc2ccc3oc(C)noc(C)nc3c2)c(O)oc1=O. The summed E-state index contributed by atoms with van der Waals surface area (Å²) in [5.74, 6) is -3.49. The molecule has 0 bridgehead atoms. The molecule has 2 heterocycles. The van der Waals surface area contributed by atoms with Crippen molar-refractivity contribution in [1.82, 2.24) is 10.1 Å². The van der Waals surface area contributed by atoms with Crippen LogP contribution in [0.1, 0.15) is 39.4 Å². The van der Waals surface area contributed by atoms with Gasteiger partial charge in [0, 0.05) is 19.5 Å². The number of rotatable bonds is 3. The normalized spacial score (nSPS) is 10.6. The summed E-state index contributed by atoms with van der Waals surface area (Å²) in [7, 11) is 0. The molecule has 3 aromatic rings. The van der Waals surface area contributed by atoms with Gasteiger partial charge in [0.1, 0.15) is 11.1 Å². The molecule has 0 radical (unpaired) electrons. The van der Waals surface area contributed by atoms with Gasteiger partial charge in [-0.3, -0.25) is 9.59 Å². The van der Waals surface area contributed by atoms with E-state index in [2.05, 4.69) is 19.9 Å². The first kappa shape index (κ1) is 19.6. The predicted octanol–water partition coefficient (Wildman–Crippen LogP) is 2.38. The van der Waals surface area contributed by atoms with Crippen molar-refractivity contribution >= 4 is 28.5 Å². The number of aromatic nitrogens is 2. The maximum atomic E-state index is 12.5. The number of aryl methyl sites for hydroxylation is 2. The number of amides is 1. The summed E-state index contributed by atoms with van der Waals surface area (Å²) in [4.78, 5) is 39.9. The fourth-order valence-electron chi connectivity index (χ4n) is 2.49. The number of hydrogen-bond acceptors (Lipinski definition) is 10. The van der Waals surface area contributed by atoms with E-state index in [1.54, 1.807) is 13.8 Å². The average Bonchev–Trinajstić information content (AvgIpc) is 2.60. The van der Waals surface area contributed by atoms with Crippen LogP contribution in [0.5, 0.6) is 11.7 Å². The third-order valence-electron chi connectivity index (χ3n) is 3.72. The van der Waals surface area contributed by atoms with Crippen LogP contribution in [0.25, 0.3) is 11.1 Å². The zero-order chi connectivity index (χ0) is 21.3. The third kappa shape index (κ3) is 3.93. The van der Waals surface area contributed by atoms with Gasteiger partial charge in [-0.25, -0.2) is 9.78 Å². The van der Waals surface area contributed by atoms with Crippen LogP contribution >= 0.6 is 0 Å². The Morgan fingerprint density at radius 3 is 2.48 bits per heavy atom. The fraction of sp³-hybridized carbons (Fsp3) is 0.167. The number of nitrogens with zero attached hydrogens (tertiary/aromatic N) is 2. The molecule has 150 valence electrons. The second-order valence-corrected chi connectivity index (χ2v) is 5.92. The lowest BCUT2D eigenvalue weighted by molar-refractivity contribution is 0.100. The second-order valence-electron chi connectivity index (χ2n) is 5.92. The van der Waals surface area contributed by atoms with Gasteiger partial charge in [0.2, 0.25) is 11.8 Å². The number of aromatic hydroxyl groups is 2. The average molecular weight is 401 g/mol. The van der Waals surface area contributed by atoms with Gasteiger partial charge in [-0.05, 0) is 30.3 Å². The first-order chi connectivity index (χ1) is 13.7. The van der Waals surface area contributed by atoms with Crippen LogP contribution in [0.15, 0.2) is 36.4 Å². The van der Waals surface area contributed by atoms with Crippen molar-refractivity contribution in [3.63, 3.8) is 0 Å². The molecule has 0 fully saturated rings. The van der Waals surface area contributed by atoms with Gasteiger partial charge >= 0.3 is 11.6 Å². The lowest BCUT2D eigenvalue weighted by Crippen LogP contribution is -2.18. The first-order valence-corrected chi connectivity index (χ1v) is 8.17. The molecule has 3 N–H and O–H groups in total. The highest BCUT2D eigenvalue weighted by molar-refractivity contribution is 6.10. The molecule has 0 aliphatic carbocycles. The summed E-state index contributed by atoms with van der Waals surface area (Å²) in [6.45, 7) is 4.16. The number of ketones is 1.